The molecule has 2 aromatic heterocycles. The molecule has 0 spiro atoms. The number of hydrogen-bond donors (Lipinski definition) is 0. The summed E-state index contributed by atoms with van der Waals surface area (Å²) < 4.78 is 76.3. The second-order valence-corrected chi connectivity index (χ2v) is 12.1. The number of rotatable bonds is 12. The molecule has 7 nitrogen and oxygen atoms in total. The number of thioether (sulfide) groups is 1. The highest BCUT2D eigenvalue weighted by molar-refractivity contribution is 7.99. The van der Waals surface area contributed by atoms with Crippen molar-refractivity contribution in [3.63, 3.8) is 0 Å². The first-order valence-electron chi connectivity index (χ1n) is 12.4. The second kappa shape index (κ2) is 12.9. The molecule has 2 heterocycles. The molecule has 4 rings (SSSR count). The molecule has 12 heteroatoms. The average Bonchev–Trinajstić information content (AvgIpc) is 2.93. The van der Waals surface area contributed by atoms with E-state index >= 15 is 0 Å². The van der Waals surface area contributed by atoms with E-state index in [-0.39, 0.29) is 22.9 Å². The monoisotopic (exact) mass is 592 g/mol. The van der Waals surface area contributed by atoms with Gasteiger partial charge in [-0.3, -0.25) is 9.78 Å². The van der Waals surface area contributed by atoms with E-state index in [0.717, 1.165) is 39.9 Å². The number of unbranched alkanes of at least 4 members (excludes halogenated alkanes) is 2. The fraction of sp³-hybridized carbons (Fsp3) is 0.286. The standard InChI is InChI=1S/C28H27F3N2O5S2/c1-33(40(35,36)22-8-4-2-5-9-22)18-21-17-25(34)26(19-38-21)37-14-6-3-7-15-39-27-12-13-32-24-16-20(28(29,30)31)10-11-23(24)27/h2,4-5,8-13,16-17,19H,3,6-7,14-15,18H2,1H3. The first-order valence-corrected chi connectivity index (χ1v) is 14.8. The molecule has 0 saturated carbocycles. The average molecular weight is 593 g/mol. The van der Waals surface area contributed by atoms with E-state index in [0.29, 0.717) is 23.9 Å². The normalized spacial score (nSPS) is 12.2. The first kappa shape index (κ1) is 29.6. The Morgan fingerprint density at radius 2 is 1.80 bits per heavy atom. The summed E-state index contributed by atoms with van der Waals surface area (Å²) in [6.07, 6.45) is 0.636. The third kappa shape index (κ3) is 7.43. The van der Waals surface area contributed by atoms with Crippen LogP contribution in [-0.2, 0) is 22.7 Å². The maximum absolute atomic E-state index is 13.0. The third-order valence-electron chi connectivity index (χ3n) is 6.02. The quantitative estimate of drug-likeness (QED) is 0.140. The van der Waals surface area contributed by atoms with E-state index in [1.807, 2.05) is 0 Å². The molecule has 0 saturated heterocycles. The van der Waals surface area contributed by atoms with Crippen molar-refractivity contribution in [2.45, 2.75) is 41.8 Å². The lowest BCUT2D eigenvalue weighted by atomic mass is 10.1. The van der Waals surface area contributed by atoms with Gasteiger partial charge in [0.1, 0.15) is 12.0 Å². The van der Waals surface area contributed by atoms with Gasteiger partial charge in [-0.2, -0.15) is 17.5 Å². The van der Waals surface area contributed by atoms with Crippen LogP contribution in [0.25, 0.3) is 10.9 Å². The van der Waals surface area contributed by atoms with Crippen molar-refractivity contribution in [1.29, 1.82) is 0 Å². The van der Waals surface area contributed by atoms with Crippen LogP contribution in [-0.4, -0.2) is 37.1 Å². The van der Waals surface area contributed by atoms with Crippen LogP contribution in [0.15, 0.2) is 92.1 Å². The van der Waals surface area contributed by atoms with Gasteiger partial charge in [-0.1, -0.05) is 24.3 Å². The van der Waals surface area contributed by atoms with Crippen molar-refractivity contribution < 1.29 is 30.7 Å². The van der Waals surface area contributed by atoms with E-state index in [2.05, 4.69) is 4.98 Å². The predicted octanol–water partition coefficient (Wildman–Crippen LogP) is 6.37. The number of hydrogen-bond acceptors (Lipinski definition) is 7. The van der Waals surface area contributed by atoms with E-state index < -0.39 is 27.2 Å². The molecular formula is C28H27F3N2O5S2. The van der Waals surface area contributed by atoms with Gasteiger partial charge in [0, 0.05) is 29.6 Å². The van der Waals surface area contributed by atoms with Gasteiger partial charge in [-0.15, -0.1) is 11.8 Å². The number of fused-ring (bicyclic) bond motifs is 1. The topological polar surface area (TPSA) is 89.7 Å². The van der Waals surface area contributed by atoms with Crippen LogP contribution >= 0.6 is 11.8 Å². The summed E-state index contributed by atoms with van der Waals surface area (Å²) in [5.41, 5.74) is -0.815. The minimum atomic E-state index is -4.41. The molecule has 212 valence electrons. The zero-order valence-electron chi connectivity index (χ0n) is 21.6. The molecule has 0 unspecified atom stereocenters. The van der Waals surface area contributed by atoms with Crippen molar-refractivity contribution >= 4 is 32.7 Å². The Labute approximate surface area is 234 Å². The van der Waals surface area contributed by atoms with Gasteiger partial charge in [0.15, 0.2) is 0 Å². The number of pyridine rings is 1. The molecule has 0 aliphatic carbocycles. The van der Waals surface area contributed by atoms with Gasteiger partial charge in [0.05, 0.1) is 29.1 Å². The maximum Gasteiger partial charge on any atom is 0.416 e. The molecule has 4 aromatic rings. The number of aromatic nitrogens is 1. The molecule has 0 atom stereocenters. The summed E-state index contributed by atoms with van der Waals surface area (Å²) in [5, 5.41) is 0.683. The van der Waals surface area contributed by atoms with Crippen molar-refractivity contribution in [3.8, 4) is 5.75 Å². The number of sulfonamides is 1. The van der Waals surface area contributed by atoms with Crippen LogP contribution in [0.2, 0.25) is 0 Å². The maximum atomic E-state index is 13.0. The van der Waals surface area contributed by atoms with Gasteiger partial charge in [-0.25, -0.2) is 8.42 Å². The smallest absolute Gasteiger partial charge is 0.416 e. The lowest BCUT2D eigenvalue weighted by Crippen LogP contribution is -2.27. The molecule has 0 N–H and O–H groups in total. The van der Waals surface area contributed by atoms with Crippen LogP contribution < -0.4 is 10.2 Å². The molecule has 0 aliphatic heterocycles. The van der Waals surface area contributed by atoms with Crippen LogP contribution in [0.3, 0.4) is 0 Å². The van der Waals surface area contributed by atoms with Crippen LogP contribution in [0.4, 0.5) is 13.2 Å². The fourth-order valence-corrected chi connectivity index (χ4v) is 6.08. The lowest BCUT2D eigenvalue weighted by molar-refractivity contribution is -0.137. The van der Waals surface area contributed by atoms with Crippen LogP contribution in [0.1, 0.15) is 30.6 Å². The highest BCUT2D eigenvalue weighted by atomic mass is 32.2. The minimum Gasteiger partial charge on any atom is -0.487 e. The minimum absolute atomic E-state index is 0.0492. The van der Waals surface area contributed by atoms with Crippen LogP contribution in [0.5, 0.6) is 5.75 Å². The number of benzene rings is 2. The fourth-order valence-electron chi connectivity index (χ4n) is 3.87. The number of nitrogens with zero attached hydrogens (tertiary/aromatic N) is 2. The molecule has 2 aromatic carbocycles. The van der Waals surface area contributed by atoms with Crippen molar-refractivity contribution in [3.05, 3.63) is 94.7 Å². The SMILES string of the molecule is CN(Cc1cc(=O)c(OCCCCCSc2ccnc3cc(C(F)(F)F)ccc23)co1)S(=O)(=O)c1ccccc1. The van der Waals surface area contributed by atoms with Gasteiger partial charge >= 0.3 is 6.18 Å². The predicted molar refractivity (Wildman–Crippen MR) is 147 cm³/mol. The Morgan fingerprint density at radius 1 is 1.02 bits per heavy atom. The Hall–Kier alpha value is -3.35. The number of ether oxygens (including phenoxy) is 1. The highest BCUT2D eigenvalue weighted by Gasteiger charge is 2.30. The molecule has 0 bridgehead atoms. The number of alkyl halides is 3. The van der Waals surface area contributed by atoms with Crippen molar-refractivity contribution in [2.75, 3.05) is 19.4 Å². The summed E-state index contributed by atoms with van der Waals surface area (Å²) >= 11 is 1.55. The van der Waals surface area contributed by atoms with Crippen LogP contribution in [0, 0.1) is 0 Å². The molecule has 40 heavy (non-hydrogen) atoms. The highest BCUT2D eigenvalue weighted by Crippen LogP contribution is 2.34. The van der Waals surface area contributed by atoms with Crippen molar-refractivity contribution in [2.24, 2.45) is 0 Å². The van der Waals surface area contributed by atoms with Gasteiger partial charge < -0.3 is 9.15 Å². The Bertz CT molecular complexity index is 1610. The third-order valence-corrected chi connectivity index (χ3v) is 8.99. The lowest BCUT2D eigenvalue weighted by Gasteiger charge is -2.16. The van der Waals surface area contributed by atoms with E-state index in [9.17, 15) is 26.4 Å². The van der Waals surface area contributed by atoms with Gasteiger partial charge in [0.2, 0.25) is 21.2 Å². The number of halogens is 3. The summed E-state index contributed by atoms with van der Waals surface area (Å²) in [6.45, 7) is 0.191. The van der Waals surface area contributed by atoms with Gasteiger partial charge in [0.25, 0.3) is 0 Å². The Kier molecular flexibility index (Phi) is 9.54. The molecular weight excluding hydrogens is 565 g/mol. The summed E-state index contributed by atoms with van der Waals surface area (Å²) in [4.78, 5) is 17.5. The molecule has 0 radical (unpaired) electrons. The molecule has 0 aliphatic rings. The Balaban J connectivity index is 1.21. The molecule has 0 fully saturated rings. The molecule has 0 amide bonds. The zero-order chi connectivity index (χ0) is 28.8. The first-order chi connectivity index (χ1) is 19.1. The van der Waals surface area contributed by atoms with E-state index in [1.54, 1.807) is 36.0 Å². The van der Waals surface area contributed by atoms with E-state index in [1.165, 1.54) is 43.8 Å². The largest absolute Gasteiger partial charge is 0.487 e. The summed E-state index contributed by atoms with van der Waals surface area (Å²) in [7, 11) is -2.32. The summed E-state index contributed by atoms with van der Waals surface area (Å²) in [6, 6.07) is 14.6. The Morgan fingerprint density at radius 3 is 2.52 bits per heavy atom. The zero-order valence-corrected chi connectivity index (χ0v) is 23.2. The van der Waals surface area contributed by atoms with Gasteiger partial charge in [-0.05, 0) is 55.3 Å². The summed E-state index contributed by atoms with van der Waals surface area (Å²) in [5.74, 6) is 0.999. The van der Waals surface area contributed by atoms with E-state index in [4.69, 9.17) is 9.15 Å². The van der Waals surface area contributed by atoms with Crippen molar-refractivity contribution in [1.82, 2.24) is 9.29 Å². The second-order valence-electron chi connectivity index (χ2n) is 8.95.